The van der Waals surface area contributed by atoms with Gasteiger partial charge in [-0.15, -0.1) is 0 Å². The lowest BCUT2D eigenvalue weighted by Gasteiger charge is -2.21. The molecule has 1 aromatic carbocycles. The summed E-state index contributed by atoms with van der Waals surface area (Å²) in [5.41, 5.74) is 0.162. The van der Waals surface area contributed by atoms with E-state index in [2.05, 4.69) is 5.32 Å². The average Bonchev–Trinajstić information content (AvgIpc) is 2.15. The van der Waals surface area contributed by atoms with Crippen LogP contribution in [-0.4, -0.2) is 18.6 Å². The summed E-state index contributed by atoms with van der Waals surface area (Å²) >= 11 is 5.85. The number of ether oxygens (including phenoxy) is 1. The second-order valence-electron chi connectivity index (χ2n) is 4.55. The summed E-state index contributed by atoms with van der Waals surface area (Å²) in [6.45, 7) is 5.76. The van der Waals surface area contributed by atoms with Gasteiger partial charge >= 0.3 is 0 Å². The number of rotatable bonds is 2. The van der Waals surface area contributed by atoms with Gasteiger partial charge < -0.3 is 10.1 Å². The third kappa shape index (κ3) is 3.42. The van der Waals surface area contributed by atoms with Crippen molar-refractivity contribution in [2.45, 2.75) is 26.3 Å². The lowest BCUT2D eigenvalue weighted by molar-refractivity contribution is 0.0916. The van der Waals surface area contributed by atoms with Crippen LogP contribution in [0.15, 0.2) is 18.2 Å². The van der Waals surface area contributed by atoms with E-state index in [1.807, 2.05) is 20.8 Å². The molecule has 0 atom stereocenters. The SMILES string of the molecule is COc1ccc(Cl)cc1C(=O)NC(C)(C)C. The van der Waals surface area contributed by atoms with Gasteiger partial charge in [-0.05, 0) is 39.0 Å². The van der Waals surface area contributed by atoms with Crippen LogP contribution in [0.2, 0.25) is 5.02 Å². The molecular weight excluding hydrogens is 226 g/mol. The fourth-order valence-corrected chi connectivity index (χ4v) is 1.44. The Hall–Kier alpha value is -1.22. The zero-order chi connectivity index (χ0) is 12.3. The van der Waals surface area contributed by atoms with E-state index in [4.69, 9.17) is 16.3 Å². The molecule has 0 spiro atoms. The summed E-state index contributed by atoms with van der Waals surface area (Å²) in [5.74, 6) is 0.331. The van der Waals surface area contributed by atoms with Crippen molar-refractivity contribution in [3.8, 4) is 5.75 Å². The number of carbonyl (C=O) groups is 1. The van der Waals surface area contributed by atoms with Gasteiger partial charge in [0.2, 0.25) is 0 Å². The first-order valence-corrected chi connectivity index (χ1v) is 5.37. The van der Waals surface area contributed by atoms with E-state index in [0.717, 1.165) is 0 Å². The van der Waals surface area contributed by atoms with Gasteiger partial charge in [-0.25, -0.2) is 0 Å². The summed E-state index contributed by atoms with van der Waals surface area (Å²) in [4.78, 5) is 11.9. The largest absolute Gasteiger partial charge is 0.496 e. The summed E-state index contributed by atoms with van der Waals surface area (Å²) in [5, 5.41) is 3.37. The summed E-state index contributed by atoms with van der Waals surface area (Å²) in [7, 11) is 1.52. The van der Waals surface area contributed by atoms with Gasteiger partial charge in [-0.1, -0.05) is 11.6 Å². The third-order valence-corrected chi connectivity index (χ3v) is 2.13. The predicted octanol–water partition coefficient (Wildman–Crippen LogP) is 2.88. The maximum atomic E-state index is 11.9. The van der Waals surface area contributed by atoms with Crippen molar-refractivity contribution in [2.75, 3.05) is 7.11 Å². The monoisotopic (exact) mass is 241 g/mol. The van der Waals surface area contributed by atoms with Crippen LogP contribution in [-0.2, 0) is 0 Å². The second kappa shape index (κ2) is 4.74. The van der Waals surface area contributed by atoms with Crippen molar-refractivity contribution in [2.24, 2.45) is 0 Å². The maximum absolute atomic E-state index is 11.9. The van der Waals surface area contributed by atoms with E-state index < -0.39 is 0 Å². The Kier molecular flexibility index (Phi) is 3.81. The number of nitrogens with one attached hydrogen (secondary N) is 1. The molecule has 0 aromatic heterocycles. The lowest BCUT2D eigenvalue weighted by atomic mass is 10.1. The molecule has 4 heteroatoms. The van der Waals surface area contributed by atoms with Crippen LogP contribution in [0, 0.1) is 0 Å². The minimum absolute atomic E-state index is 0.188. The Morgan fingerprint density at radius 2 is 2.00 bits per heavy atom. The molecule has 3 nitrogen and oxygen atoms in total. The molecule has 1 rings (SSSR count). The first-order chi connectivity index (χ1) is 7.33. The van der Waals surface area contributed by atoms with Crippen LogP contribution in [0.5, 0.6) is 5.75 Å². The van der Waals surface area contributed by atoms with Crippen molar-refractivity contribution in [1.82, 2.24) is 5.32 Å². The lowest BCUT2D eigenvalue weighted by Crippen LogP contribution is -2.40. The Balaban J connectivity index is 3.02. The summed E-state index contributed by atoms with van der Waals surface area (Å²) < 4.78 is 5.12. The zero-order valence-electron chi connectivity index (χ0n) is 9.93. The molecule has 0 aliphatic rings. The first-order valence-electron chi connectivity index (χ1n) is 4.99. The van der Waals surface area contributed by atoms with E-state index in [1.54, 1.807) is 18.2 Å². The van der Waals surface area contributed by atoms with Crippen LogP contribution in [0.1, 0.15) is 31.1 Å². The number of carbonyl (C=O) groups excluding carboxylic acids is 1. The van der Waals surface area contributed by atoms with Gasteiger partial charge in [0.15, 0.2) is 0 Å². The number of amides is 1. The van der Waals surface area contributed by atoms with Crippen molar-refractivity contribution in [3.63, 3.8) is 0 Å². The van der Waals surface area contributed by atoms with E-state index in [-0.39, 0.29) is 11.4 Å². The Morgan fingerprint density at radius 3 is 2.50 bits per heavy atom. The normalized spacial score (nSPS) is 11.1. The topological polar surface area (TPSA) is 38.3 Å². The fourth-order valence-electron chi connectivity index (χ4n) is 1.27. The van der Waals surface area contributed by atoms with Crippen LogP contribution in [0.3, 0.4) is 0 Å². The summed E-state index contributed by atoms with van der Waals surface area (Å²) in [6.07, 6.45) is 0. The number of hydrogen-bond donors (Lipinski definition) is 1. The van der Waals surface area contributed by atoms with Crippen LogP contribution in [0.25, 0.3) is 0 Å². The molecule has 0 saturated carbocycles. The Morgan fingerprint density at radius 1 is 1.38 bits per heavy atom. The van der Waals surface area contributed by atoms with Gasteiger partial charge in [0.25, 0.3) is 5.91 Å². The van der Waals surface area contributed by atoms with Gasteiger partial charge in [-0.3, -0.25) is 4.79 Å². The standard InChI is InChI=1S/C12H16ClNO2/c1-12(2,3)14-11(15)9-7-8(13)5-6-10(9)16-4/h5-7H,1-4H3,(H,14,15). The van der Waals surface area contributed by atoms with E-state index in [1.165, 1.54) is 7.11 Å². The maximum Gasteiger partial charge on any atom is 0.255 e. The quantitative estimate of drug-likeness (QED) is 0.865. The highest BCUT2D eigenvalue weighted by Crippen LogP contribution is 2.23. The minimum atomic E-state index is -0.287. The molecule has 0 fully saturated rings. The molecule has 88 valence electrons. The fraction of sp³-hybridized carbons (Fsp3) is 0.417. The molecule has 0 aliphatic carbocycles. The molecule has 1 aromatic rings. The number of hydrogen-bond acceptors (Lipinski definition) is 2. The van der Waals surface area contributed by atoms with E-state index in [0.29, 0.717) is 16.3 Å². The molecular formula is C12H16ClNO2. The zero-order valence-corrected chi connectivity index (χ0v) is 10.7. The highest BCUT2D eigenvalue weighted by molar-refractivity contribution is 6.31. The second-order valence-corrected chi connectivity index (χ2v) is 4.99. The molecule has 0 aliphatic heterocycles. The molecule has 0 saturated heterocycles. The first kappa shape index (κ1) is 12.8. The van der Waals surface area contributed by atoms with E-state index >= 15 is 0 Å². The van der Waals surface area contributed by atoms with Crippen molar-refractivity contribution in [1.29, 1.82) is 0 Å². The Bertz CT molecular complexity index is 396. The number of methoxy groups -OCH3 is 1. The number of halogens is 1. The average molecular weight is 242 g/mol. The van der Waals surface area contributed by atoms with Crippen LogP contribution in [0.4, 0.5) is 0 Å². The molecule has 16 heavy (non-hydrogen) atoms. The Labute approximate surface area is 101 Å². The minimum Gasteiger partial charge on any atom is -0.496 e. The highest BCUT2D eigenvalue weighted by Gasteiger charge is 2.18. The molecule has 0 radical (unpaired) electrons. The smallest absolute Gasteiger partial charge is 0.255 e. The van der Waals surface area contributed by atoms with Gasteiger partial charge in [0, 0.05) is 10.6 Å². The van der Waals surface area contributed by atoms with Gasteiger partial charge in [0.1, 0.15) is 5.75 Å². The molecule has 1 amide bonds. The van der Waals surface area contributed by atoms with E-state index in [9.17, 15) is 4.79 Å². The highest BCUT2D eigenvalue weighted by atomic mass is 35.5. The predicted molar refractivity (Wildman–Crippen MR) is 65.2 cm³/mol. The van der Waals surface area contributed by atoms with Crippen molar-refractivity contribution in [3.05, 3.63) is 28.8 Å². The summed E-state index contributed by atoms with van der Waals surface area (Å²) in [6, 6.07) is 4.97. The van der Waals surface area contributed by atoms with Crippen molar-refractivity contribution < 1.29 is 9.53 Å². The third-order valence-electron chi connectivity index (χ3n) is 1.89. The molecule has 0 unspecified atom stereocenters. The van der Waals surface area contributed by atoms with Gasteiger partial charge in [-0.2, -0.15) is 0 Å². The molecule has 0 heterocycles. The van der Waals surface area contributed by atoms with Crippen LogP contribution < -0.4 is 10.1 Å². The van der Waals surface area contributed by atoms with Gasteiger partial charge in [0.05, 0.1) is 12.7 Å². The molecule has 0 bridgehead atoms. The van der Waals surface area contributed by atoms with Crippen LogP contribution >= 0.6 is 11.6 Å². The molecule has 1 N–H and O–H groups in total. The van der Waals surface area contributed by atoms with Crippen molar-refractivity contribution >= 4 is 17.5 Å². The number of benzene rings is 1.